The van der Waals surface area contributed by atoms with Crippen molar-refractivity contribution >= 4 is 5.78 Å². The number of carbonyl (C=O) groups is 1. The molecule has 1 rings (SSSR count). The molecule has 1 aliphatic carbocycles. The van der Waals surface area contributed by atoms with Crippen LogP contribution >= 0.6 is 0 Å². The normalized spacial score (nSPS) is 24.3. The van der Waals surface area contributed by atoms with Crippen LogP contribution in [0, 0.1) is 11.3 Å². The molecule has 0 aromatic heterocycles. The van der Waals surface area contributed by atoms with Gasteiger partial charge >= 0.3 is 0 Å². The van der Waals surface area contributed by atoms with Gasteiger partial charge in [0.15, 0.2) is 0 Å². The van der Waals surface area contributed by atoms with Gasteiger partial charge in [-0.2, -0.15) is 0 Å². The molecule has 0 spiro atoms. The van der Waals surface area contributed by atoms with E-state index in [4.69, 9.17) is 5.11 Å². The van der Waals surface area contributed by atoms with Crippen molar-refractivity contribution in [1.82, 2.24) is 4.90 Å². The predicted octanol–water partition coefficient (Wildman–Crippen LogP) is 2.09. The summed E-state index contributed by atoms with van der Waals surface area (Å²) in [6.45, 7) is 9.24. The van der Waals surface area contributed by atoms with Crippen molar-refractivity contribution in [2.75, 3.05) is 26.2 Å². The summed E-state index contributed by atoms with van der Waals surface area (Å²) in [5, 5.41) is 8.86. The number of aliphatic hydroxyl groups is 1. The Hall–Kier alpha value is -0.410. The Morgan fingerprint density at radius 2 is 2.18 bits per heavy atom. The van der Waals surface area contributed by atoms with E-state index in [1.165, 1.54) is 6.42 Å². The third-order valence-corrected chi connectivity index (χ3v) is 3.95. The molecule has 100 valence electrons. The third kappa shape index (κ3) is 4.07. The van der Waals surface area contributed by atoms with Crippen molar-refractivity contribution in [3.8, 4) is 0 Å². The largest absolute Gasteiger partial charge is 0.396 e. The van der Waals surface area contributed by atoms with Gasteiger partial charge < -0.3 is 10.0 Å². The molecule has 1 atom stereocenters. The van der Waals surface area contributed by atoms with Gasteiger partial charge in [-0.3, -0.25) is 4.79 Å². The number of carbonyl (C=O) groups excluding carboxylic acids is 1. The van der Waals surface area contributed by atoms with Crippen LogP contribution in [0.25, 0.3) is 0 Å². The minimum atomic E-state index is -0.126. The molecule has 1 fully saturated rings. The van der Waals surface area contributed by atoms with E-state index in [1.807, 2.05) is 0 Å². The van der Waals surface area contributed by atoms with E-state index >= 15 is 0 Å². The predicted molar refractivity (Wildman–Crippen MR) is 69.9 cm³/mol. The lowest BCUT2D eigenvalue weighted by Gasteiger charge is -2.36. The molecule has 17 heavy (non-hydrogen) atoms. The zero-order valence-electron chi connectivity index (χ0n) is 11.5. The molecular formula is C14H27NO2. The second kappa shape index (κ2) is 6.50. The van der Waals surface area contributed by atoms with E-state index in [1.54, 1.807) is 0 Å². The van der Waals surface area contributed by atoms with Gasteiger partial charge in [0.2, 0.25) is 0 Å². The zero-order chi connectivity index (χ0) is 12.9. The summed E-state index contributed by atoms with van der Waals surface area (Å²) in [5.41, 5.74) is -0.126. The molecular weight excluding hydrogens is 214 g/mol. The Balaban J connectivity index is 2.51. The number of hydrogen-bond donors (Lipinski definition) is 1. The van der Waals surface area contributed by atoms with Crippen LogP contribution in [0.15, 0.2) is 0 Å². The molecule has 0 saturated heterocycles. The van der Waals surface area contributed by atoms with Gasteiger partial charge in [0, 0.05) is 31.0 Å². The van der Waals surface area contributed by atoms with Crippen LogP contribution in [-0.2, 0) is 4.79 Å². The average molecular weight is 241 g/mol. The van der Waals surface area contributed by atoms with Gasteiger partial charge in [0.1, 0.15) is 5.78 Å². The summed E-state index contributed by atoms with van der Waals surface area (Å²) in [6.07, 6.45) is 4.04. The fourth-order valence-corrected chi connectivity index (χ4v) is 2.76. The Labute approximate surface area is 105 Å². The molecule has 3 nitrogen and oxygen atoms in total. The Morgan fingerprint density at radius 3 is 2.76 bits per heavy atom. The second-order valence-corrected chi connectivity index (χ2v) is 5.81. The zero-order valence-corrected chi connectivity index (χ0v) is 11.5. The monoisotopic (exact) mass is 241 g/mol. The van der Waals surface area contributed by atoms with Crippen LogP contribution in [0.1, 0.15) is 46.5 Å². The summed E-state index contributed by atoms with van der Waals surface area (Å²) in [7, 11) is 0. The summed E-state index contributed by atoms with van der Waals surface area (Å²) >= 11 is 0. The fourth-order valence-electron chi connectivity index (χ4n) is 2.76. The summed E-state index contributed by atoms with van der Waals surface area (Å²) in [6, 6.07) is 0. The Kier molecular flexibility index (Phi) is 5.60. The fraction of sp³-hybridized carbons (Fsp3) is 0.929. The number of hydrogen-bond acceptors (Lipinski definition) is 3. The lowest BCUT2D eigenvalue weighted by molar-refractivity contribution is -0.135. The highest BCUT2D eigenvalue weighted by molar-refractivity contribution is 5.87. The first-order chi connectivity index (χ1) is 8.01. The molecule has 0 bridgehead atoms. The van der Waals surface area contributed by atoms with Crippen molar-refractivity contribution < 1.29 is 9.90 Å². The van der Waals surface area contributed by atoms with E-state index in [-0.39, 0.29) is 17.9 Å². The number of Topliss-reactive ketones (excluding diaryl/α,β-unsaturated/α-hetero) is 1. The molecule has 1 unspecified atom stereocenters. The molecule has 1 aliphatic rings. The van der Waals surface area contributed by atoms with Gasteiger partial charge in [-0.25, -0.2) is 0 Å². The van der Waals surface area contributed by atoms with Crippen LogP contribution in [0.4, 0.5) is 0 Å². The van der Waals surface area contributed by atoms with Crippen LogP contribution in [0.3, 0.4) is 0 Å². The van der Waals surface area contributed by atoms with Gasteiger partial charge in [0.05, 0.1) is 0 Å². The number of ketones is 1. The van der Waals surface area contributed by atoms with Crippen LogP contribution in [0.2, 0.25) is 0 Å². The first-order valence-corrected chi connectivity index (χ1v) is 6.88. The van der Waals surface area contributed by atoms with Crippen molar-refractivity contribution in [3.05, 3.63) is 0 Å². The van der Waals surface area contributed by atoms with Gasteiger partial charge in [-0.1, -0.05) is 27.2 Å². The standard InChI is InChI=1S/C14H27NO2/c1-4-15(9-6-10-16)11-12-7-5-8-14(2,3)13(12)17/h12,16H,4-11H2,1-3H3. The average Bonchev–Trinajstić information content (AvgIpc) is 2.29. The Bertz CT molecular complexity index is 251. The molecule has 0 heterocycles. The van der Waals surface area contributed by atoms with E-state index in [9.17, 15) is 4.79 Å². The number of rotatable bonds is 6. The van der Waals surface area contributed by atoms with Crippen molar-refractivity contribution in [2.45, 2.75) is 46.5 Å². The molecule has 0 aromatic carbocycles. The maximum Gasteiger partial charge on any atom is 0.142 e. The van der Waals surface area contributed by atoms with E-state index in [0.29, 0.717) is 5.78 Å². The second-order valence-electron chi connectivity index (χ2n) is 5.81. The summed E-state index contributed by atoms with van der Waals surface area (Å²) < 4.78 is 0. The minimum Gasteiger partial charge on any atom is -0.396 e. The van der Waals surface area contributed by atoms with Gasteiger partial charge in [-0.15, -0.1) is 0 Å². The maximum absolute atomic E-state index is 12.3. The highest BCUT2D eigenvalue weighted by atomic mass is 16.3. The van der Waals surface area contributed by atoms with E-state index in [2.05, 4.69) is 25.7 Å². The molecule has 0 aromatic rings. The summed E-state index contributed by atoms with van der Waals surface area (Å²) in [4.78, 5) is 14.6. The first kappa shape index (κ1) is 14.7. The highest BCUT2D eigenvalue weighted by Gasteiger charge is 2.37. The topological polar surface area (TPSA) is 40.5 Å². The SMILES string of the molecule is CCN(CCCO)CC1CCCC(C)(C)C1=O. The van der Waals surface area contributed by atoms with Crippen LogP contribution in [0.5, 0.6) is 0 Å². The summed E-state index contributed by atoms with van der Waals surface area (Å²) in [5.74, 6) is 0.642. The van der Waals surface area contributed by atoms with Gasteiger partial charge in [-0.05, 0) is 25.8 Å². The van der Waals surface area contributed by atoms with Crippen LogP contribution in [-0.4, -0.2) is 42.0 Å². The lowest BCUT2D eigenvalue weighted by atomic mass is 9.71. The van der Waals surface area contributed by atoms with Crippen molar-refractivity contribution in [1.29, 1.82) is 0 Å². The molecule has 0 aliphatic heterocycles. The van der Waals surface area contributed by atoms with Crippen LogP contribution < -0.4 is 0 Å². The maximum atomic E-state index is 12.3. The lowest BCUT2D eigenvalue weighted by Crippen LogP contribution is -2.42. The third-order valence-electron chi connectivity index (χ3n) is 3.95. The number of nitrogens with zero attached hydrogens (tertiary/aromatic N) is 1. The quantitative estimate of drug-likeness (QED) is 0.774. The van der Waals surface area contributed by atoms with Crippen molar-refractivity contribution in [3.63, 3.8) is 0 Å². The van der Waals surface area contributed by atoms with Crippen molar-refractivity contribution in [2.24, 2.45) is 11.3 Å². The molecule has 3 heteroatoms. The highest BCUT2D eigenvalue weighted by Crippen LogP contribution is 2.35. The molecule has 1 N–H and O–H groups in total. The van der Waals surface area contributed by atoms with Gasteiger partial charge in [0.25, 0.3) is 0 Å². The number of aliphatic hydroxyl groups excluding tert-OH is 1. The first-order valence-electron chi connectivity index (χ1n) is 6.88. The van der Waals surface area contributed by atoms with E-state index < -0.39 is 0 Å². The molecule has 1 saturated carbocycles. The minimum absolute atomic E-state index is 0.126. The smallest absolute Gasteiger partial charge is 0.142 e. The molecule has 0 radical (unpaired) electrons. The molecule has 0 amide bonds. The van der Waals surface area contributed by atoms with E-state index in [0.717, 1.165) is 38.9 Å². The Morgan fingerprint density at radius 1 is 1.47 bits per heavy atom.